The summed E-state index contributed by atoms with van der Waals surface area (Å²) in [7, 11) is 0. The van der Waals surface area contributed by atoms with Crippen molar-refractivity contribution in [1.29, 1.82) is 0 Å². The average Bonchev–Trinajstić information content (AvgIpc) is 3.39. The summed E-state index contributed by atoms with van der Waals surface area (Å²) < 4.78 is 17.1. The number of fused-ring (bicyclic) bond motifs is 5. The number of anilines is 1. The molecule has 3 heterocycles. The van der Waals surface area contributed by atoms with Gasteiger partial charge in [0, 0.05) is 30.4 Å². The number of nitrogens with zero attached hydrogens (tertiary/aromatic N) is 2. The van der Waals surface area contributed by atoms with Crippen LogP contribution in [0.15, 0.2) is 36.4 Å². The number of para-hydroxylation sites is 1. The summed E-state index contributed by atoms with van der Waals surface area (Å²) in [5, 5.41) is 0. The Balaban J connectivity index is 1.58. The molecule has 6 heteroatoms. The van der Waals surface area contributed by atoms with Crippen molar-refractivity contribution in [2.45, 2.75) is 19.3 Å². The van der Waals surface area contributed by atoms with Gasteiger partial charge in [-0.3, -0.25) is 4.79 Å². The average molecular weight is 380 g/mol. The lowest BCUT2D eigenvalue weighted by Crippen LogP contribution is -2.45. The third kappa shape index (κ3) is 2.27. The number of ether oxygens (including phenoxy) is 3. The molecule has 0 bridgehead atoms. The molecular formula is C22H24N2O4. The van der Waals surface area contributed by atoms with E-state index in [0.29, 0.717) is 30.4 Å². The molecule has 1 atom stereocenters. The fourth-order valence-electron chi connectivity index (χ4n) is 4.57. The smallest absolute Gasteiger partial charge is 0.245 e. The third-order valence-electron chi connectivity index (χ3n) is 6.18. The summed E-state index contributed by atoms with van der Waals surface area (Å²) in [6.07, 6.45) is 0. The lowest BCUT2D eigenvalue weighted by Gasteiger charge is -2.25. The second-order valence-corrected chi connectivity index (χ2v) is 7.40. The maximum Gasteiger partial charge on any atom is 0.245 e. The van der Waals surface area contributed by atoms with Gasteiger partial charge in [0.05, 0.1) is 0 Å². The molecule has 2 aromatic rings. The third-order valence-corrected chi connectivity index (χ3v) is 6.18. The molecule has 5 rings (SSSR count). The highest BCUT2D eigenvalue weighted by molar-refractivity contribution is 6.11. The van der Waals surface area contributed by atoms with Crippen molar-refractivity contribution in [3.8, 4) is 17.2 Å². The number of hydrogen-bond acceptors (Lipinski definition) is 5. The number of rotatable bonds is 5. The second kappa shape index (κ2) is 6.41. The predicted molar refractivity (Wildman–Crippen MR) is 105 cm³/mol. The van der Waals surface area contributed by atoms with Gasteiger partial charge in [-0.15, -0.1) is 0 Å². The first-order valence-corrected chi connectivity index (χ1v) is 9.89. The van der Waals surface area contributed by atoms with Gasteiger partial charge >= 0.3 is 0 Å². The highest BCUT2D eigenvalue weighted by Crippen LogP contribution is 2.54. The molecule has 3 aliphatic rings. The summed E-state index contributed by atoms with van der Waals surface area (Å²) in [4.78, 5) is 18.1. The molecule has 1 unspecified atom stereocenters. The molecule has 0 fully saturated rings. The molecule has 0 aromatic heterocycles. The van der Waals surface area contributed by atoms with E-state index in [1.165, 1.54) is 0 Å². The maximum atomic E-state index is 13.8. The standard InChI is InChI=1S/C22H24N2O4/c1-3-23(4-2)9-10-24-17-8-6-5-7-15(17)22(21(24)25)13-26-18-12-20-19(11-16(18)22)27-14-28-20/h5-8,11-12H,3-4,9-10,13-14H2,1-2H3. The highest BCUT2D eigenvalue weighted by atomic mass is 16.7. The van der Waals surface area contributed by atoms with E-state index in [2.05, 4.69) is 18.7 Å². The molecule has 1 amide bonds. The fourth-order valence-corrected chi connectivity index (χ4v) is 4.57. The molecule has 3 aliphatic heterocycles. The van der Waals surface area contributed by atoms with Crippen LogP contribution in [-0.2, 0) is 10.2 Å². The van der Waals surface area contributed by atoms with Crippen LogP contribution in [0, 0.1) is 0 Å². The van der Waals surface area contributed by atoms with E-state index < -0.39 is 5.41 Å². The normalized spacial score (nSPS) is 21.4. The van der Waals surface area contributed by atoms with Gasteiger partial charge in [0.15, 0.2) is 11.5 Å². The number of amides is 1. The molecule has 28 heavy (non-hydrogen) atoms. The Morgan fingerprint density at radius 3 is 2.54 bits per heavy atom. The topological polar surface area (TPSA) is 51.2 Å². The molecule has 6 nitrogen and oxygen atoms in total. The Morgan fingerprint density at radius 1 is 1.00 bits per heavy atom. The highest BCUT2D eigenvalue weighted by Gasteiger charge is 2.57. The first kappa shape index (κ1) is 17.4. The predicted octanol–water partition coefficient (Wildman–Crippen LogP) is 2.78. The van der Waals surface area contributed by atoms with Crippen molar-refractivity contribution in [2.75, 3.05) is 44.5 Å². The van der Waals surface area contributed by atoms with Gasteiger partial charge in [-0.05, 0) is 30.8 Å². The number of hydrogen-bond donors (Lipinski definition) is 0. The van der Waals surface area contributed by atoms with Gasteiger partial charge in [-0.25, -0.2) is 0 Å². The SMILES string of the molecule is CCN(CC)CCN1C(=O)C2(COc3cc4c(cc32)OCO4)c2ccccc21. The zero-order valence-corrected chi connectivity index (χ0v) is 16.2. The van der Waals surface area contributed by atoms with Gasteiger partial charge in [0.1, 0.15) is 17.8 Å². The summed E-state index contributed by atoms with van der Waals surface area (Å²) in [6.45, 7) is 8.26. The van der Waals surface area contributed by atoms with E-state index >= 15 is 0 Å². The van der Waals surface area contributed by atoms with Crippen LogP contribution in [0.3, 0.4) is 0 Å². The summed E-state index contributed by atoms with van der Waals surface area (Å²) in [6, 6.07) is 11.8. The van der Waals surface area contributed by atoms with E-state index in [9.17, 15) is 4.79 Å². The Kier molecular flexibility index (Phi) is 3.98. The Morgan fingerprint density at radius 2 is 1.75 bits per heavy atom. The van der Waals surface area contributed by atoms with E-state index in [1.807, 2.05) is 41.3 Å². The van der Waals surface area contributed by atoms with Gasteiger partial charge in [-0.1, -0.05) is 32.0 Å². The van der Waals surface area contributed by atoms with Crippen LogP contribution in [0.5, 0.6) is 17.2 Å². The van der Waals surface area contributed by atoms with Gasteiger partial charge in [-0.2, -0.15) is 0 Å². The minimum atomic E-state index is -0.809. The van der Waals surface area contributed by atoms with Crippen molar-refractivity contribution in [1.82, 2.24) is 4.90 Å². The van der Waals surface area contributed by atoms with E-state index in [0.717, 1.165) is 36.4 Å². The number of carbonyl (C=O) groups is 1. The van der Waals surface area contributed by atoms with Gasteiger partial charge in [0.2, 0.25) is 12.7 Å². The number of benzene rings is 2. The molecule has 0 saturated heterocycles. The Labute approximate surface area is 164 Å². The van der Waals surface area contributed by atoms with Crippen molar-refractivity contribution < 1.29 is 19.0 Å². The van der Waals surface area contributed by atoms with E-state index in [4.69, 9.17) is 14.2 Å². The Hall–Kier alpha value is -2.73. The van der Waals surface area contributed by atoms with Crippen molar-refractivity contribution >= 4 is 11.6 Å². The minimum absolute atomic E-state index is 0.0819. The zero-order chi connectivity index (χ0) is 19.3. The maximum absolute atomic E-state index is 13.8. The van der Waals surface area contributed by atoms with Crippen LogP contribution in [-0.4, -0.2) is 50.4 Å². The van der Waals surface area contributed by atoms with Gasteiger partial charge in [0.25, 0.3) is 0 Å². The van der Waals surface area contributed by atoms with E-state index in [1.54, 1.807) is 0 Å². The second-order valence-electron chi connectivity index (χ2n) is 7.40. The first-order chi connectivity index (χ1) is 13.7. The molecule has 0 saturated carbocycles. The Bertz CT molecular complexity index is 940. The number of carbonyl (C=O) groups excluding carboxylic acids is 1. The first-order valence-electron chi connectivity index (χ1n) is 9.89. The van der Waals surface area contributed by atoms with Gasteiger partial charge < -0.3 is 24.0 Å². The lowest BCUT2D eigenvalue weighted by molar-refractivity contribution is -0.122. The van der Waals surface area contributed by atoms with Crippen LogP contribution < -0.4 is 19.1 Å². The number of likely N-dealkylation sites (N-methyl/N-ethyl adjacent to an activating group) is 1. The molecule has 146 valence electrons. The van der Waals surface area contributed by atoms with E-state index in [-0.39, 0.29) is 12.7 Å². The monoisotopic (exact) mass is 380 g/mol. The molecule has 1 spiro atoms. The largest absolute Gasteiger partial charge is 0.491 e. The quantitative estimate of drug-likeness (QED) is 0.798. The molecular weight excluding hydrogens is 356 g/mol. The molecule has 2 aromatic carbocycles. The van der Waals surface area contributed by atoms with Crippen LogP contribution in [0.1, 0.15) is 25.0 Å². The zero-order valence-electron chi connectivity index (χ0n) is 16.2. The van der Waals surface area contributed by atoms with Crippen LogP contribution >= 0.6 is 0 Å². The van der Waals surface area contributed by atoms with Crippen molar-refractivity contribution in [2.24, 2.45) is 0 Å². The summed E-state index contributed by atoms with van der Waals surface area (Å²) >= 11 is 0. The van der Waals surface area contributed by atoms with Crippen molar-refractivity contribution in [3.05, 3.63) is 47.5 Å². The molecule has 0 aliphatic carbocycles. The molecule has 0 N–H and O–H groups in total. The van der Waals surface area contributed by atoms with Crippen LogP contribution in [0.25, 0.3) is 0 Å². The lowest BCUT2D eigenvalue weighted by atomic mass is 9.77. The fraction of sp³-hybridized carbons (Fsp3) is 0.409. The minimum Gasteiger partial charge on any atom is -0.491 e. The van der Waals surface area contributed by atoms with Crippen molar-refractivity contribution in [3.63, 3.8) is 0 Å². The summed E-state index contributed by atoms with van der Waals surface area (Å²) in [5.74, 6) is 2.14. The molecule has 0 radical (unpaired) electrons. The summed E-state index contributed by atoms with van der Waals surface area (Å²) in [5.41, 5.74) is 2.06. The van der Waals surface area contributed by atoms with Crippen LogP contribution in [0.4, 0.5) is 5.69 Å². The van der Waals surface area contributed by atoms with Crippen LogP contribution in [0.2, 0.25) is 0 Å².